The molecule has 1 N–H and O–H groups in total. The molecule has 0 saturated carbocycles. The molecule has 2 saturated heterocycles. The molecule has 31 heavy (non-hydrogen) atoms. The summed E-state index contributed by atoms with van der Waals surface area (Å²) in [4.78, 5) is 16.7. The van der Waals surface area contributed by atoms with Crippen molar-refractivity contribution in [2.75, 3.05) is 32.7 Å². The monoisotopic (exact) mass is 465 g/mol. The van der Waals surface area contributed by atoms with Crippen molar-refractivity contribution in [3.63, 3.8) is 0 Å². The molecule has 9 heteroatoms. The average Bonchev–Trinajstić information content (AvgIpc) is 3.49. The van der Waals surface area contributed by atoms with E-state index < -0.39 is 15.8 Å². The van der Waals surface area contributed by atoms with Crippen molar-refractivity contribution in [3.05, 3.63) is 52.5 Å². The maximum atomic E-state index is 13.2. The van der Waals surface area contributed by atoms with Gasteiger partial charge in [0.05, 0.1) is 16.9 Å². The van der Waals surface area contributed by atoms with Gasteiger partial charge < -0.3 is 5.32 Å². The van der Waals surface area contributed by atoms with E-state index in [9.17, 15) is 17.6 Å². The Morgan fingerprint density at radius 2 is 1.87 bits per heavy atom. The largest absolute Gasteiger partial charge is 0.354 e. The average molecular weight is 466 g/mol. The summed E-state index contributed by atoms with van der Waals surface area (Å²) in [7, 11) is -3.74. The highest BCUT2D eigenvalue weighted by molar-refractivity contribution is 7.89. The fourth-order valence-electron chi connectivity index (χ4n) is 4.42. The lowest BCUT2D eigenvalue weighted by molar-refractivity contribution is -0.126. The summed E-state index contributed by atoms with van der Waals surface area (Å²) < 4.78 is 40.4. The Labute approximate surface area is 187 Å². The molecule has 0 bridgehead atoms. The van der Waals surface area contributed by atoms with Crippen molar-refractivity contribution < 1.29 is 17.6 Å². The van der Waals surface area contributed by atoms with Crippen LogP contribution in [0.3, 0.4) is 0 Å². The van der Waals surface area contributed by atoms with Gasteiger partial charge in [-0.05, 0) is 74.5 Å². The van der Waals surface area contributed by atoms with Gasteiger partial charge in [0.15, 0.2) is 0 Å². The van der Waals surface area contributed by atoms with E-state index in [1.165, 1.54) is 34.2 Å². The summed E-state index contributed by atoms with van der Waals surface area (Å²) >= 11 is 1.70. The van der Waals surface area contributed by atoms with E-state index in [2.05, 4.69) is 21.7 Å². The third kappa shape index (κ3) is 5.16. The maximum Gasteiger partial charge on any atom is 0.243 e. The van der Waals surface area contributed by atoms with E-state index in [1.807, 2.05) is 6.07 Å². The molecule has 1 amide bonds. The molecular weight excluding hydrogens is 437 g/mol. The Morgan fingerprint density at radius 1 is 1.13 bits per heavy atom. The molecule has 2 fully saturated rings. The van der Waals surface area contributed by atoms with Crippen LogP contribution in [0.1, 0.15) is 36.6 Å². The topological polar surface area (TPSA) is 69.7 Å². The normalized spacial score (nSPS) is 21.8. The van der Waals surface area contributed by atoms with Crippen molar-refractivity contribution in [2.24, 2.45) is 5.92 Å². The first kappa shape index (κ1) is 22.4. The van der Waals surface area contributed by atoms with E-state index in [1.54, 1.807) is 11.3 Å². The predicted molar refractivity (Wildman–Crippen MR) is 119 cm³/mol. The van der Waals surface area contributed by atoms with Crippen LogP contribution in [0, 0.1) is 11.7 Å². The smallest absolute Gasteiger partial charge is 0.243 e. The molecule has 168 valence electrons. The van der Waals surface area contributed by atoms with Crippen molar-refractivity contribution >= 4 is 27.3 Å². The number of hydrogen-bond acceptors (Lipinski definition) is 5. The highest BCUT2D eigenvalue weighted by atomic mass is 32.2. The summed E-state index contributed by atoms with van der Waals surface area (Å²) in [5, 5.41) is 5.15. The standard InChI is InChI=1S/C22H28FN3O3S2/c23-18-7-9-19(10-8-18)31(28,29)26-13-3-5-17(16-26)22(27)24-15-20(21-6-4-14-30-21)25-11-1-2-12-25/h4,6-10,14,17,20H,1-3,5,11-13,15-16H2,(H,24,27). The van der Waals surface area contributed by atoms with Crippen LogP contribution >= 0.6 is 11.3 Å². The van der Waals surface area contributed by atoms with Crippen LogP contribution in [0.4, 0.5) is 4.39 Å². The molecule has 6 nitrogen and oxygen atoms in total. The van der Waals surface area contributed by atoms with Gasteiger partial charge in [-0.2, -0.15) is 4.31 Å². The molecule has 2 aromatic rings. The molecule has 4 rings (SSSR count). The van der Waals surface area contributed by atoms with Crippen molar-refractivity contribution in [2.45, 2.75) is 36.6 Å². The van der Waals surface area contributed by atoms with E-state index in [4.69, 9.17) is 0 Å². The number of nitrogens with one attached hydrogen (secondary N) is 1. The van der Waals surface area contributed by atoms with Crippen molar-refractivity contribution in [3.8, 4) is 0 Å². The van der Waals surface area contributed by atoms with Gasteiger partial charge >= 0.3 is 0 Å². The third-order valence-electron chi connectivity index (χ3n) is 6.13. The van der Waals surface area contributed by atoms with Gasteiger partial charge in [0.1, 0.15) is 5.82 Å². The number of carbonyl (C=O) groups is 1. The molecule has 2 unspecified atom stereocenters. The van der Waals surface area contributed by atoms with Gasteiger partial charge in [0.25, 0.3) is 0 Å². The molecule has 3 heterocycles. The van der Waals surface area contributed by atoms with Crippen LogP contribution in [0.15, 0.2) is 46.7 Å². The highest BCUT2D eigenvalue weighted by Crippen LogP contribution is 2.29. The minimum Gasteiger partial charge on any atom is -0.354 e. The molecule has 1 aromatic heterocycles. The number of sulfonamides is 1. The zero-order valence-electron chi connectivity index (χ0n) is 17.4. The van der Waals surface area contributed by atoms with Crippen LogP contribution < -0.4 is 5.32 Å². The molecule has 2 atom stereocenters. The van der Waals surface area contributed by atoms with Gasteiger partial charge in [-0.15, -0.1) is 11.3 Å². The second-order valence-electron chi connectivity index (χ2n) is 8.18. The zero-order chi connectivity index (χ0) is 21.8. The van der Waals surface area contributed by atoms with Crippen LogP contribution in [0.25, 0.3) is 0 Å². The Balaban J connectivity index is 1.39. The van der Waals surface area contributed by atoms with E-state index in [0.29, 0.717) is 25.9 Å². The lowest BCUT2D eigenvalue weighted by Crippen LogP contribution is -2.46. The van der Waals surface area contributed by atoms with Crippen LogP contribution in [-0.2, 0) is 14.8 Å². The first-order chi connectivity index (χ1) is 14.9. The minimum atomic E-state index is -3.74. The second kappa shape index (κ2) is 9.77. The number of likely N-dealkylation sites (tertiary alicyclic amines) is 1. The first-order valence-electron chi connectivity index (χ1n) is 10.8. The fourth-order valence-corrected chi connectivity index (χ4v) is 6.80. The van der Waals surface area contributed by atoms with Gasteiger partial charge in [-0.25, -0.2) is 12.8 Å². The summed E-state index contributed by atoms with van der Waals surface area (Å²) in [5.74, 6) is -0.959. The van der Waals surface area contributed by atoms with Crippen LogP contribution in [0.5, 0.6) is 0 Å². The summed E-state index contributed by atoms with van der Waals surface area (Å²) in [6.07, 6.45) is 3.64. The predicted octanol–water partition coefficient (Wildman–Crippen LogP) is 3.24. The quantitative estimate of drug-likeness (QED) is 0.682. The number of hydrogen-bond donors (Lipinski definition) is 1. The molecular formula is C22H28FN3O3S2. The van der Waals surface area contributed by atoms with Gasteiger partial charge in [-0.3, -0.25) is 9.69 Å². The third-order valence-corrected chi connectivity index (χ3v) is 8.98. The van der Waals surface area contributed by atoms with Crippen molar-refractivity contribution in [1.29, 1.82) is 0 Å². The summed E-state index contributed by atoms with van der Waals surface area (Å²) in [5.41, 5.74) is 0. The van der Waals surface area contributed by atoms with Crippen molar-refractivity contribution in [1.82, 2.24) is 14.5 Å². The number of piperidine rings is 1. The number of rotatable bonds is 7. The Bertz CT molecular complexity index is 974. The number of halogens is 1. The zero-order valence-corrected chi connectivity index (χ0v) is 19.0. The van der Waals surface area contributed by atoms with Gasteiger partial charge in [0, 0.05) is 24.5 Å². The molecule has 1 aromatic carbocycles. The van der Waals surface area contributed by atoms with Gasteiger partial charge in [0.2, 0.25) is 15.9 Å². The Morgan fingerprint density at radius 3 is 2.55 bits per heavy atom. The maximum absolute atomic E-state index is 13.2. The minimum absolute atomic E-state index is 0.0572. The lowest BCUT2D eigenvalue weighted by Gasteiger charge is -2.32. The lowest BCUT2D eigenvalue weighted by atomic mass is 9.98. The number of benzene rings is 1. The molecule has 2 aliphatic heterocycles. The fraction of sp³-hybridized carbons (Fsp3) is 0.500. The number of amides is 1. The van der Waals surface area contributed by atoms with Crippen LogP contribution in [-0.4, -0.2) is 56.3 Å². The van der Waals surface area contributed by atoms with Gasteiger partial charge in [-0.1, -0.05) is 6.07 Å². The molecule has 2 aliphatic rings. The summed E-state index contributed by atoms with van der Waals surface area (Å²) in [6.45, 7) is 3.12. The van der Waals surface area contributed by atoms with E-state index in [0.717, 1.165) is 25.2 Å². The molecule has 0 aliphatic carbocycles. The van der Waals surface area contributed by atoms with E-state index >= 15 is 0 Å². The Kier molecular flexibility index (Phi) is 7.05. The van der Waals surface area contributed by atoms with Crippen LogP contribution in [0.2, 0.25) is 0 Å². The first-order valence-corrected chi connectivity index (χ1v) is 13.1. The highest BCUT2D eigenvalue weighted by Gasteiger charge is 2.34. The molecule has 0 spiro atoms. The summed E-state index contributed by atoms with van der Waals surface area (Å²) in [6, 6.07) is 9.14. The molecule has 0 radical (unpaired) electrons. The van der Waals surface area contributed by atoms with E-state index in [-0.39, 0.29) is 29.3 Å². The second-order valence-corrected chi connectivity index (χ2v) is 11.1. The number of thiophene rings is 1. The number of carbonyl (C=O) groups excluding carboxylic acids is 1. The SMILES string of the molecule is O=C(NCC(c1cccs1)N1CCCC1)C1CCCN(S(=O)(=O)c2ccc(F)cc2)C1. The number of nitrogens with zero attached hydrogens (tertiary/aromatic N) is 2. The Hall–Kier alpha value is -1.81.